The molecule has 2 aromatic carbocycles. The Hall–Kier alpha value is -3.17. The van der Waals surface area contributed by atoms with Crippen molar-refractivity contribution in [3.63, 3.8) is 0 Å². The minimum Gasteiger partial charge on any atom is -0.480 e. The highest BCUT2D eigenvalue weighted by molar-refractivity contribution is 7.11. The molecule has 9 heteroatoms. The summed E-state index contributed by atoms with van der Waals surface area (Å²) in [6, 6.07) is 13.0. The third kappa shape index (κ3) is 3.60. The first-order valence-electron chi connectivity index (χ1n) is 10.1. The second-order valence-corrected chi connectivity index (χ2v) is 8.54. The summed E-state index contributed by atoms with van der Waals surface area (Å²) in [4.78, 5) is 28.6. The van der Waals surface area contributed by atoms with Gasteiger partial charge in [0.1, 0.15) is 17.4 Å². The number of hydrogen-bond donors (Lipinski definition) is 1. The number of nitrogens with two attached hydrogens (primary N) is 1. The Kier molecular flexibility index (Phi) is 4.99. The number of hydrogen-bond acceptors (Lipinski definition) is 7. The number of ether oxygens (including phenoxy) is 2. The summed E-state index contributed by atoms with van der Waals surface area (Å²) in [7, 11) is 0. The average molecular weight is 439 g/mol. The molecule has 0 bridgehead atoms. The van der Waals surface area contributed by atoms with Crippen LogP contribution in [-0.4, -0.2) is 48.1 Å². The Balaban J connectivity index is 1.33. The first kappa shape index (κ1) is 19.8. The maximum atomic E-state index is 13.1. The molecule has 31 heavy (non-hydrogen) atoms. The van der Waals surface area contributed by atoms with E-state index < -0.39 is 6.10 Å². The van der Waals surface area contributed by atoms with Gasteiger partial charge < -0.3 is 25.0 Å². The Morgan fingerprint density at radius 1 is 1.16 bits per heavy atom. The third-order valence-corrected chi connectivity index (χ3v) is 6.39. The zero-order chi connectivity index (χ0) is 21.5. The van der Waals surface area contributed by atoms with Crippen molar-refractivity contribution in [3.8, 4) is 5.75 Å². The maximum Gasteiger partial charge on any atom is 0.268 e. The zero-order valence-corrected chi connectivity index (χ0v) is 17.8. The normalized spacial score (nSPS) is 21.8. The molecule has 2 fully saturated rings. The van der Waals surface area contributed by atoms with Gasteiger partial charge in [-0.05, 0) is 60.9 Å². The molecule has 5 rings (SSSR count). The largest absolute Gasteiger partial charge is 0.480 e. The number of carbonyl (C=O) groups is 2. The van der Waals surface area contributed by atoms with Crippen LogP contribution in [0.15, 0.2) is 42.5 Å². The minimum atomic E-state index is -0.569. The van der Waals surface area contributed by atoms with Crippen molar-refractivity contribution in [3.05, 3.63) is 42.5 Å². The molecule has 2 atom stereocenters. The number of nitrogens with zero attached hydrogens (tertiary/aromatic N) is 3. The summed E-state index contributed by atoms with van der Waals surface area (Å²) in [6.45, 7) is 3.15. The van der Waals surface area contributed by atoms with Crippen molar-refractivity contribution >= 4 is 50.6 Å². The van der Waals surface area contributed by atoms with Gasteiger partial charge >= 0.3 is 0 Å². The molecule has 0 spiro atoms. The number of aromatic nitrogens is 1. The Bertz CT molecular complexity index is 1150. The highest BCUT2D eigenvalue weighted by atomic mass is 32.1. The Labute approximate surface area is 183 Å². The van der Waals surface area contributed by atoms with Gasteiger partial charge in [0.25, 0.3) is 11.8 Å². The second-order valence-electron chi connectivity index (χ2n) is 7.74. The van der Waals surface area contributed by atoms with Crippen LogP contribution in [0.2, 0.25) is 0 Å². The van der Waals surface area contributed by atoms with Crippen LogP contribution in [0.4, 0.5) is 16.4 Å². The summed E-state index contributed by atoms with van der Waals surface area (Å²) in [5, 5.41) is 1.47. The highest BCUT2D eigenvalue weighted by Crippen LogP contribution is 2.33. The SMILES string of the molecule is CC1CC(Oc2ccc3nsc(N)c3c2)C(=O)N1c1ccc(N2CCOCC2=O)cc1. The third-order valence-electron chi connectivity index (χ3n) is 5.69. The van der Waals surface area contributed by atoms with Gasteiger partial charge in [0.05, 0.1) is 12.1 Å². The predicted octanol–water partition coefficient (Wildman–Crippen LogP) is 2.81. The quantitative estimate of drug-likeness (QED) is 0.673. The second kappa shape index (κ2) is 7.82. The summed E-state index contributed by atoms with van der Waals surface area (Å²) in [5.74, 6) is 0.462. The van der Waals surface area contributed by atoms with Gasteiger partial charge in [-0.1, -0.05) is 0 Å². The van der Waals surface area contributed by atoms with Gasteiger partial charge in [0.2, 0.25) is 0 Å². The molecule has 0 radical (unpaired) electrons. The molecule has 3 aromatic rings. The summed E-state index contributed by atoms with van der Waals surface area (Å²) in [5.41, 5.74) is 8.38. The molecule has 0 aliphatic carbocycles. The number of carbonyl (C=O) groups excluding carboxylic acids is 2. The van der Waals surface area contributed by atoms with Gasteiger partial charge in [-0.25, -0.2) is 0 Å². The summed E-state index contributed by atoms with van der Waals surface area (Å²) in [6.07, 6.45) is 0.0126. The van der Waals surface area contributed by atoms with E-state index in [9.17, 15) is 9.59 Å². The van der Waals surface area contributed by atoms with E-state index in [0.717, 1.165) is 22.3 Å². The first-order chi connectivity index (χ1) is 15.0. The zero-order valence-electron chi connectivity index (χ0n) is 17.0. The number of nitrogen functional groups attached to an aromatic ring is 1. The van der Waals surface area contributed by atoms with Crippen molar-refractivity contribution in [2.45, 2.75) is 25.5 Å². The molecule has 160 valence electrons. The lowest BCUT2D eigenvalue weighted by atomic mass is 10.2. The van der Waals surface area contributed by atoms with Crippen LogP contribution in [0.1, 0.15) is 13.3 Å². The van der Waals surface area contributed by atoms with Crippen LogP contribution in [-0.2, 0) is 14.3 Å². The average Bonchev–Trinajstić information content (AvgIpc) is 3.27. The van der Waals surface area contributed by atoms with Gasteiger partial charge in [0, 0.05) is 35.8 Å². The number of amides is 2. The molecule has 2 saturated heterocycles. The van der Waals surface area contributed by atoms with E-state index in [4.69, 9.17) is 15.2 Å². The maximum absolute atomic E-state index is 13.1. The van der Waals surface area contributed by atoms with Crippen LogP contribution < -0.4 is 20.3 Å². The topological polar surface area (TPSA) is 98.0 Å². The molecule has 1 aromatic heterocycles. The molecule has 8 nitrogen and oxygen atoms in total. The Morgan fingerprint density at radius 2 is 1.94 bits per heavy atom. The van der Waals surface area contributed by atoms with E-state index in [2.05, 4.69) is 4.37 Å². The van der Waals surface area contributed by atoms with Crippen LogP contribution in [0.5, 0.6) is 5.75 Å². The van der Waals surface area contributed by atoms with E-state index >= 15 is 0 Å². The van der Waals surface area contributed by atoms with Crippen molar-refractivity contribution in [1.82, 2.24) is 4.37 Å². The number of anilines is 3. The monoisotopic (exact) mass is 438 g/mol. The van der Waals surface area contributed by atoms with E-state index in [-0.39, 0.29) is 24.5 Å². The first-order valence-corrected chi connectivity index (χ1v) is 10.9. The van der Waals surface area contributed by atoms with Crippen molar-refractivity contribution < 1.29 is 19.1 Å². The fourth-order valence-electron chi connectivity index (χ4n) is 4.13. The summed E-state index contributed by atoms with van der Waals surface area (Å²) >= 11 is 1.24. The van der Waals surface area contributed by atoms with Crippen LogP contribution in [0.3, 0.4) is 0 Å². The van der Waals surface area contributed by atoms with Gasteiger partial charge in [-0.15, -0.1) is 0 Å². The van der Waals surface area contributed by atoms with Crippen molar-refractivity contribution in [1.29, 1.82) is 0 Å². The number of fused-ring (bicyclic) bond motifs is 1. The Morgan fingerprint density at radius 3 is 2.71 bits per heavy atom. The van der Waals surface area contributed by atoms with Crippen LogP contribution in [0.25, 0.3) is 10.9 Å². The molecule has 2 N–H and O–H groups in total. The summed E-state index contributed by atoms with van der Waals surface area (Å²) < 4.78 is 15.5. The van der Waals surface area contributed by atoms with E-state index in [0.29, 0.717) is 30.3 Å². The number of morpholine rings is 1. The van der Waals surface area contributed by atoms with Gasteiger partial charge in [-0.2, -0.15) is 4.37 Å². The fourth-order valence-corrected chi connectivity index (χ4v) is 4.75. The molecule has 2 aliphatic heterocycles. The molecular formula is C22H22N4O4S. The highest BCUT2D eigenvalue weighted by Gasteiger charge is 2.39. The standard InChI is InChI=1S/C22H22N4O4S/c1-13-10-19(30-16-6-7-18-17(11-16)21(23)31-24-18)22(28)26(13)15-4-2-14(3-5-15)25-8-9-29-12-20(25)27/h2-7,11,13,19H,8-10,12,23H2,1H3. The lowest BCUT2D eigenvalue weighted by molar-refractivity contribution is -0.125. The van der Waals surface area contributed by atoms with Crippen LogP contribution in [0, 0.1) is 0 Å². The molecule has 2 unspecified atom stereocenters. The molecule has 3 heterocycles. The molecular weight excluding hydrogens is 416 g/mol. The lowest BCUT2D eigenvalue weighted by Crippen LogP contribution is -2.41. The molecule has 0 saturated carbocycles. The van der Waals surface area contributed by atoms with Crippen molar-refractivity contribution in [2.24, 2.45) is 0 Å². The fraction of sp³-hybridized carbons (Fsp3) is 0.318. The molecule has 2 aliphatic rings. The lowest BCUT2D eigenvalue weighted by Gasteiger charge is -2.28. The number of rotatable bonds is 4. The van der Waals surface area contributed by atoms with Crippen molar-refractivity contribution in [2.75, 3.05) is 35.3 Å². The van der Waals surface area contributed by atoms with E-state index in [1.807, 2.05) is 49.4 Å². The predicted molar refractivity (Wildman–Crippen MR) is 120 cm³/mol. The number of benzene rings is 2. The van der Waals surface area contributed by atoms with Crippen LogP contribution >= 0.6 is 11.5 Å². The smallest absolute Gasteiger partial charge is 0.268 e. The van der Waals surface area contributed by atoms with E-state index in [1.54, 1.807) is 9.80 Å². The minimum absolute atomic E-state index is 0.00927. The van der Waals surface area contributed by atoms with Gasteiger partial charge in [0.15, 0.2) is 6.10 Å². The van der Waals surface area contributed by atoms with Gasteiger partial charge in [-0.3, -0.25) is 9.59 Å². The van der Waals surface area contributed by atoms with E-state index in [1.165, 1.54) is 11.5 Å². The molecule has 2 amide bonds.